The van der Waals surface area contributed by atoms with Crippen LogP contribution < -0.4 is 20.1 Å². The molecule has 0 aliphatic carbocycles. The fourth-order valence-electron chi connectivity index (χ4n) is 2.76. The van der Waals surface area contributed by atoms with Crippen LogP contribution in [0.3, 0.4) is 0 Å². The number of hydrogen-bond donors (Lipinski definition) is 2. The fourth-order valence-corrected chi connectivity index (χ4v) is 2.76. The molecule has 0 unspecified atom stereocenters. The van der Waals surface area contributed by atoms with Crippen molar-refractivity contribution in [2.75, 3.05) is 13.7 Å². The maximum atomic E-state index is 13.2. The predicted molar refractivity (Wildman–Crippen MR) is 131 cm³/mol. The Morgan fingerprint density at radius 2 is 1.84 bits per heavy atom. The normalized spacial score (nSPS) is 10.7. The molecule has 3 rings (SSSR count). The van der Waals surface area contributed by atoms with E-state index in [0.717, 1.165) is 16.9 Å². The van der Waals surface area contributed by atoms with Crippen molar-refractivity contribution in [2.45, 2.75) is 20.0 Å². The van der Waals surface area contributed by atoms with Crippen LogP contribution in [0.1, 0.15) is 18.1 Å². The van der Waals surface area contributed by atoms with Crippen LogP contribution in [0.2, 0.25) is 0 Å². The fraction of sp³-hybridized carbons (Fsp3) is 0.217. The first kappa shape index (κ1) is 24.4. The zero-order chi connectivity index (χ0) is 21.2. The van der Waals surface area contributed by atoms with Crippen molar-refractivity contribution in [1.29, 1.82) is 0 Å². The van der Waals surface area contributed by atoms with Crippen molar-refractivity contribution < 1.29 is 13.9 Å². The smallest absolute Gasteiger partial charge is 0.219 e. The molecule has 0 amide bonds. The Kier molecular flexibility index (Phi) is 10.0. The van der Waals surface area contributed by atoms with E-state index in [9.17, 15) is 4.39 Å². The van der Waals surface area contributed by atoms with Crippen LogP contribution in [-0.2, 0) is 13.1 Å². The number of para-hydroxylation sites is 1. The lowest BCUT2D eigenvalue weighted by Crippen LogP contribution is -2.36. The van der Waals surface area contributed by atoms with Crippen LogP contribution in [0.15, 0.2) is 71.9 Å². The molecule has 0 bridgehead atoms. The van der Waals surface area contributed by atoms with Crippen LogP contribution in [0, 0.1) is 5.82 Å². The first-order valence-corrected chi connectivity index (χ1v) is 9.71. The summed E-state index contributed by atoms with van der Waals surface area (Å²) in [5.41, 5.74) is 2.02. The van der Waals surface area contributed by atoms with E-state index in [1.54, 1.807) is 31.4 Å². The van der Waals surface area contributed by atoms with Gasteiger partial charge in [0.2, 0.25) is 5.88 Å². The third-order valence-corrected chi connectivity index (χ3v) is 4.22. The summed E-state index contributed by atoms with van der Waals surface area (Å²) in [6, 6.07) is 17.5. The van der Waals surface area contributed by atoms with Gasteiger partial charge in [0.05, 0.1) is 6.61 Å². The number of hydrogen-bond acceptors (Lipinski definition) is 4. The average molecular weight is 536 g/mol. The Balaban J connectivity index is 0.00000341. The van der Waals surface area contributed by atoms with Gasteiger partial charge in [-0.05, 0) is 30.7 Å². The van der Waals surface area contributed by atoms with Crippen molar-refractivity contribution in [2.24, 2.45) is 4.99 Å². The van der Waals surface area contributed by atoms with Gasteiger partial charge in [0.15, 0.2) is 5.96 Å². The molecule has 31 heavy (non-hydrogen) atoms. The van der Waals surface area contributed by atoms with Gasteiger partial charge in [0.1, 0.15) is 17.3 Å². The largest absolute Gasteiger partial charge is 0.494 e. The number of ether oxygens (including phenoxy) is 2. The molecular formula is C23H26FIN4O2. The molecule has 0 saturated heterocycles. The predicted octanol–water partition coefficient (Wildman–Crippen LogP) is 4.89. The maximum absolute atomic E-state index is 13.2. The third kappa shape index (κ3) is 7.71. The second kappa shape index (κ2) is 12.7. The highest BCUT2D eigenvalue weighted by atomic mass is 127. The number of pyridine rings is 1. The van der Waals surface area contributed by atoms with Gasteiger partial charge in [-0.25, -0.2) is 9.37 Å². The number of aromatic nitrogens is 1. The maximum Gasteiger partial charge on any atom is 0.219 e. The average Bonchev–Trinajstić information content (AvgIpc) is 2.76. The Labute approximate surface area is 198 Å². The molecule has 0 aliphatic rings. The second-order valence-electron chi connectivity index (χ2n) is 6.38. The van der Waals surface area contributed by atoms with Gasteiger partial charge in [-0.3, -0.25) is 4.99 Å². The molecule has 0 aliphatic heterocycles. The highest BCUT2D eigenvalue weighted by molar-refractivity contribution is 14.0. The quantitative estimate of drug-likeness (QED) is 0.244. The number of halogens is 2. The van der Waals surface area contributed by atoms with Gasteiger partial charge < -0.3 is 20.1 Å². The molecule has 6 nitrogen and oxygen atoms in total. The van der Waals surface area contributed by atoms with E-state index in [2.05, 4.69) is 20.6 Å². The minimum absolute atomic E-state index is 0. The first-order chi connectivity index (χ1) is 14.7. The van der Waals surface area contributed by atoms with E-state index < -0.39 is 0 Å². The summed E-state index contributed by atoms with van der Waals surface area (Å²) in [7, 11) is 1.72. The van der Waals surface area contributed by atoms with E-state index in [1.165, 1.54) is 12.1 Å². The minimum atomic E-state index is -0.351. The monoisotopic (exact) mass is 536 g/mol. The summed E-state index contributed by atoms with van der Waals surface area (Å²) in [5, 5.41) is 6.53. The van der Waals surface area contributed by atoms with Gasteiger partial charge in [-0.1, -0.05) is 30.3 Å². The molecule has 164 valence electrons. The van der Waals surface area contributed by atoms with Crippen molar-refractivity contribution >= 4 is 29.9 Å². The van der Waals surface area contributed by atoms with Crippen LogP contribution in [0.4, 0.5) is 4.39 Å². The number of rotatable bonds is 8. The molecule has 0 fully saturated rings. The summed E-state index contributed by atoms with van der Waals surface area (Å²) < 4.78 is 24.5. The van der Waals surface area contributed by atoms with E-state index in [1.807, 2.05) is 37.3 Å². The number of benzene rings is 2. The molecule has 1 heterocycles. The molecule has 2 N–H and O–H groups in total. The van der Waals surface area contributed by atoms with Crippen LogP contribution in [0.25, 0.3) is 0 Å². The molecular weight excluding hydrogens is 510 g/mol. The number of nitrogens with one attached hydrogen (secondary N) is 2. The lowest BCUT2D eigenvalue weighted by Gasteiger charge is -2.14. The van der Waals surface area contributed by atoms with Gasteiger partial charge >= 0.3 is 0 Å². The summed E-state index contributed by atoms with van der Waals surface area (Å²) >= 11 is 0. The third-order valence-electron chi connectivity index (χ3n) is 4.22. The van der Waals surface area contributed by atoms with Crippen molar-refractivity contribution in [3.8, 4) is 17.4 Å². The molecule has 0 spiro atoms. The van der Waals surface area contributed by atoms with Crippen molar-refractivity contribution in [1.82, 2.24) is 15.6 Å². The lowest BCUT2D eigenvalue weighted by molar-refractivity contribution is 0.336. The minimum Gasteiger partial charge on any atom is -0.494 e. The van der Waals surface area contributed by atoms with E-state index >= 15 is 0 Å². The summed E-state index contributed by atoms with van der Waals surface area (Å²) in [4.78, 5) is 8.52. The Bertz CT molecular complexity index is 983. The zero-order valence-electron chi connectivity index (χ0n) is 17.5. The Hall–Kier alpha value is -2.88. The van der Waals surface area contributed by atoms with Crippen LogP contribution in [0.5, 0.6) is 17.4 Å². The molecule has 3 aromatic rings. The number of aliphatic imine (C=N–C) groups is 1. The molecule has 0 radical (unpaired) electrons. The van der Waals surface area contributed by atoms with Gasteiger partial charge in [0, 0.05) is 44.0 Å². The summed E-state index contributed by atoms with van der Waals surface area (Å²) in [5.74, 6) is 1.99. The number of nitrogens with zero attached hydrogens (tertiary/aromatic N) is 2. The number of guanidine groups is 1. The second-order valence-corrected chi connectivity index (χ2v) is 6.38. The lowest BCUT2D eigenvalue weighted by atomic mass is 10.2. The zero-order valence-corrected chi connectivity index (χ0v) is 19.8. The standard InChI is InChI=1S/C23H25FN4O2.HI/c1-3-29-21-10-5-4-7-18(21)16-28-23(25-2)27-15-17-11-12-22(26-14-17)30-20-9-6-8-19(24)13-20;/h4-14H,3,15-16H2,1-2H3,(H2,25,27,28);1H. The highest BCUT2D eigenvalue weighted by Crippen LogP contribution is 2.20. The van der Waals surface area contributed by atoms with E-state index in [0.29, 0.717) is 37.3 Å². The van der Waals surface area contributed by atoms with Crippen LogP contribution in [-0.4, -0.2) is 24.6 Å². The Morgan fingerprint density at radius 3 is 2.55 bits per heavy atom. The first-order valence-electron chi connectivity index (χ1n) is 9.71. The SMILES string of the molecule is CCOc1ccccc1CNC(=NC)NCc1ccc(Oc2cccc(F)c2)nc1.I. The van der Waals surface area contributed by atoms with Gasteiger partial charge in [-0.2, -0.15) is 0 Å². The summed E-state index contributed by atoms with van der Waals surface area (Å²) in [6.07, 6.45) is 1.71. The topological polar surface area (TPSA) is 67.8 Å². The molecule has 0 saturated carbocycles. The molecule has 2 aromatic carbocycles. The molecule has 0 atom stereocenters. The highest BCUT2D eigenvalue weighted by Gasteiger charge is 2.05. The van der Waals surface area contributed by atoms with E-state index in [4.69, 9.17) is 9.47 Å². The van der Waals surface area contributed by atoms with Gasteiger partial charge in [-0.15, -0.1) is 24.0 Å². The van der Waals surface area contributed by atoms with Crippen molar-refractivity contribution in [3.63, 3.8) is 0 Å². The van der Waals surface area contributed by atoms with Crippen molar-refractivity contribution in [3.05, 3.63) is 83.8 Å². The van der Waals surface area contributed by atoms with Crippen LogP contribution >= 0.6 is 24.0 Å². The summed E-state index contributed by atoms with van der Waals surface area (Å²) in [6.45, 7) is 3.72. The van der Waals surface area contributed by atoms with Gasteiger partial charge in [0.25, 0.3) is 0 Å². The molecule has 8 heteroatoms. The van der Waals surface area contributed by atoms with E-state index in [-0.39, 0.29) is 29.8 Å². The Morgan fingerprint density at radius 1 is 1.03 bits per heavy atom. The molecule has 1 aromatic heterocycles.